The summed E-state index contributed by atoms with van der Waals surface area (Å²) in [6.07, 6.45) is 0.995. The Labute approximate surface area is 158 Å². The van der Waals surface area contributed by atoms with E-state index in [1.54, 1.807) is 0 Å². The minimum atomic E-state index is -0.920. The number of benzene rings is 1. The van der Waals surface area contributed by atoms with Crippen LogP contribution in [0.1, 0.15) is 30.1 Å². The molecule has 2 N–H and O–H groups in total. The van der Waals surface area contributed by atoms with Gasteiger partial charge in [-0.1, -0.05) is 6.92 Å². The molecule has 0 saturated carbocycles. The maximum Gasteiger partial charge on any atom is 0.254 e. The zero-order valence-electron chi connectivity index (χ0n) is 15.8. The molecule has 2 rings (SSSR count). The predicted octanol–water partition coefficient (Wildman–Crippen LogP) is 1.23. The molecule has 1 aliphatic heterocycles. The van der Waals surface area contributed by atoms with E-state index < -0.39 is 17.5 Å². The molecule has 6 nitrogen and oxygen atoms in total. The normalized spacial score (nSPS) is 15.5. The Balaban J connectivity index is 1.55. The molecule has 150 valence electrons. The lowest BCUT2D eigenvalue weighted by Crippen LogP contribution is -2.46. The number of hydrogen-bond donors (Lipinski definition) is 2. The van der Waals surface area contributed by atoms with E-state index >= 15 is 0 Å². The molecule has 1 aromatic rings. The van der Waals surface area contributed by atoms with Gasteiger partial charge in [0.1, 0.15) is 11.6 Å². The Morgan fingerprint density at radius 2 is 1.74 bits per heavy atom. The standard InChI is InChI=1S/C19H28F2N4O2/c1-2-24-10-12-25(13-11-24)9-3-7-22-18(26)6-8-23-19(27)16-5-4-15(20)14-17(16)21/h4-5,14H,2-3,6-13H2,1H3,(H,22,26)(H,23,27). The third-order valence-electron chi connectivity index (χ3n) is 4.70. The van der Waals surface area contributed by atoms with Crippen molar-refractivity contribution in [2.75, 3.05) is 52.4 Å². The SMILES string of the molecule is CCN1CCN(CCCNC(=O)CCNC(=O)c2ccc(F)cc2F)CC1. The average Bonchev–Trinajstić information content (AvgIpc) is 2.65. The van der Waals surface area contributed by atoms with Gasteiger partial charge in [-0.25, -0.2) is 8.78 Å². The lowest BCUT2D eigenvalue weighted by molar-refractivity contribution is -0.120. The number of nitrogens with zero attached hydrogens (tertiary/aromatic N) is 2. The van der Waals surface area contributed by atoms with Crippen LogP contribution in [0.2, 0.25) is 0 Å². The van der Waals surface area contributed by atoms with Crippen LogP contribution in [-0.4, -0.2) is 74.0 Å². The van der Waals surface area contributed by atoms with Gasteiger partial charge in [0, 0.05) is 51.8 Å². The number of likely N-dealkylation sites (N-methyl/N-ethyl adjacent to an activating group) is 1. The Morgan fingerprint density at radius 1 is 1.04 bits per heavy atom. The van der Waals surface area contributed by atoms with Crippen molar-refractivity contribution in [2.45, 2.75) is 19.8 Å². The van der Waals surface area contributed by atoms with Crippen molar-refractivity contribution in [1.29, 1.82) is 0 Å². The zero-order valence-corrected chi connectivity index (χ0v) is 15.8. The van der Waals surface area contributed by atoms with E-state index in [1.807, 2.05) is 0 Å². The summed E-state index contributed by atoms with van der Waals surface area (Å²) in [5.41, 5.74) is -0.236. The Bertz CT molecular complexity index is 634. The minimum absolute atomic E-state index is 0.0977. The highest BCUT2D eigenvalue weighted by atomic mass is 19.1. The van der Waals surface area contributed by atoms with Gasteiger partial charge in [0.25, 0.3) is 5.91 Å². The molecule has 0 aromatic heterocycles. The third kappa shape index (κ3) is 7.22. The molecule has 1 heterocycles. The zero-order chi connectivity index (χ0) is 19.6. The monoisotopic (exact) mass is 382 g/mol. The van der Waals surface area contributed by atoms with Gasteiger partial charge in [-0.15, -0.1) is 0 Å². The highest BCUT2D eigenvalue weighted by Crippen LogP contribution is 2.09. The smallest absolute Gasteiger partial charge is 0.254 e. The maximum atomic E-state index is 13.5. The molecule has 1 saturated heterocycles. The summed E-state index contributed by atoms with van der Waals surface area (Å²) in [5.74, 6) is -2.48. The fourth-order valence-electron chi connectivity index (χ4n) is 3.01. The maximum absolute atomic E-state index is 13.5. The van der Waals surface area contributed by atoms with Crippen molar-refractivity contribution in [3.8, 4) is 0 Å². The summed E-state index contributed by atoms with van der Waals surface area (Å²) in [5, 5.41) is 5.29. The third-order valence-corrected chi connectivity index (χ3v) is 4.70. The molecular formula is C19H28F2N4O2. The molecule has 0 unspecified atom stereocenters. The van der Waals surface area contributed by atoms with Crippen molar-refractivity contribution < 1.29 is 18.4 Å². The molecule has 0 spiro atoms. The summed E-state index contributed by atoms with van der Waals surface area (Å²) in [6, 6.07) is 2.76. The van der Waals surface area contributed by atoms with Crippen molar-refractivity contribution in [2.24, 2.45) is 0 Å². The second kappa shape index (κ2) is 10.9. The van der Waals surface area contributed by atoms with Gasteiger partial charge < -0.3 is 20.4 Å². The van der Waals surface area contributed by atoms with E-state index in [2.05, 4.69) is 27.4 Å². The van der Waals surface area contributed by atoms with Crippen LogP contribution in [0.25, 0.3) is 0 Å². The van der Waals surface area contributed by atoms with E-state index in [0.717, 1.165) is 57.8 Å². The fourth-order valence-corrected chi connectivity index (χ4v) is 3.01. The van der Waals surface area contributed by atoms with E-state index in [9.17, 15) is 18.4 Å². The van der Waals surface area contributed by atoms with Gasteiger partial charge in [0.15, 0.2) is 0 Å². The first-order valence-electron chi connectivity index (χ1n) is 9.44. The summed E-state index contributed by atoms with van der Waals surface area (Å²) in [7, 11) is 0. The molecule has 1 fully saturated rings. The average molecular weight is 382 g/mol. The topological polar surface area (TPSA) is 64.7 Å². The van der Waals surface area contributed by atoms with Crippen molar-refractivity contribution in [3.63, 3.8) is 0 Å². The molecule has 0 atom stereocenters. The number of piperazine rings is 1. The van der Waals surface area contributed by atoms with Crippen LogP contribution in [0, 0.1) is 11.6 Å². The molecule has 1 aromatic carbocycles. The van der Waals surface area contributed by atoms with Crippen LogP contribution in [0.5, 0.6) is 0 Å². The van der Waals surface area contributed by atoms with E-state index in [1.165, 1.54) is 0 Å². The van der Waals surface area contributed by atoms with Gasteiger partial charge in [-0.3, -0.25) is 9.59 Å². The molecule has 0 aliphatic carbocycles. The molecule has 8 heteroatoms. The van der Waals surface area contributed by atoms with Gasteiger partial charge in [-0.05, 0) is 31.6 Å². The van der Waals surface area contributed by atoms with E-state index in [-0.39, 0.29) is 24.4 Å². The number of amides is 2. The predicted molar refractivity (Wildman–Crippen MR) is 99.5 cm³/mol. The lowest BCUT2D eigenvalue weighted by Gasteiger charge is -2.33. The summed E-state index contributed by atoms with van der Waals surface area (Å²) < 4.78 is 26.3. The molecule has 0 bridgehead atoms. The molecule has 0 radical (unpaired) electrons. The first kappa shape index (κ1) is 21.2. The second-order valence-corrected chi connectivity index (χ2v) is 6.61. The van der Waals surface area contributed by atoms with E-state index in [0.29, 0.717) is 12.6 Å². The number of rotatable bonds is 9. The molecular weight excluding hydrogens is 354 g/mol. The fraction of sp³-hybridized carbons (Fsp3) is 0.579. The minimum Gasteiger partial charge on any atom is -0.356 e. The number of halogens is 2. The molecule has 2 amide bonds. The van der Waals surface area contributed by atoms with Gasteiger partial charge in [0.2, 0.25) is 5.91 Å². The second-order valence-electron chi connectivity index (χ2n) is 6.61. The summed E-state index contributed by atoms with van der Waals surface area (Å²) >= 11 is 0. The van der Waals surface area contributed by atoms with Gasteiger partial charge >= 0.3 is 0 Å². The number of carbonyl (C=O) groups excluding carboxylic acids is 2. The lowest BCUT2D eigenvalue weighted by atomic mass is 10.2. The van der Waals surface area contributed by atoms with Crippen LogP contribution >= 0.6 is 0 Å². The Hall–Kier alpha value is -2.06. The van der Waals surface area contributed by atoms with Crippen LogP contribution in [0.15, 0.2) is 18.2 Å². The number of nitrogens with one attached hydrogen (secondary N) is 2. The van der Waals surface area contributed by atoms with Crippen LogP contribution in [-0.2, 0) is 4.79 Å². The number of hydrogen-bond acceptors (Lipinski definition) is 4. The van der Waals surface area contributed by atoms with Crippen LogP contribution in [0.4, 0.5) is 8.78 Å². The largest absolute Gasteiger partial charge is 0.356 e. The van der Waals surface area contributed by atoms with Crippen LogP contribution < -0.4 is 10.6 Å². The van der Waals surface area contributed by atoms with Crippen molar-refractivity contribution in [3.05, 3.63) is 35.4 Å². The quantitative estimate of drug-likeness (QED) is 0.631. The van der Waals surface area contributed by atoms with Crippen molar-refractivity contribution in [1.82, 2.24) is 20.4 Å². The van der Waals surface area contributed by atoms with E-state index in [4.69, 9.17) is 0 Å². The first-order chi connectivity index (χ1) is 13.0. The molecule has 1 aliphatic rings. The highest BCUT2D eigenvalue weighted by molar-refractivity contribution is 5.94. The molecule has 27 heavy (non-hydrogen) atoms. The Morgan fingerprint density at radius 3 is 2.41 bits per heavy atom. The van der Waals surface area contributed by atoms with Gasteiger partial charge in [0.05, 0.1) is 5.56 Å². The Kier molecular flexibility index (Phi) is 8.60. The number of carbonyl (C=O) groups is 2. The first-order valence-corrected chi connectivity index (χ1v) is 9.44. The summed E-state index contributed by atoms with van der Waals surface area (Å²) in [6.45, 7) is 9.22. The van der Waals surface area contributed by atoms with Crippen molar-refractivity contribution >= 4 is 11.8 Å². The van der Waals surface area contributed by atoms with Crippen LogP contribution in [0.3, 0.4) is 0 Å². The van der Waals surface area contributed by atoms with Gasteiger partial charge in [-0.2, -0.15) is 0 Å². The highest BCUT2D eigenvalue weighted by Gasteiger charge is 2.15. The summed E-state index contributed by atoms with van der Waals surface area (Å²) in [4.78, 5) is 28.4.